The number of rotatable bonds is 7. The highest BCUT2D eigenvalue weighted by molar-refractivity contribution is 6.28. The van der Waals surface area contributed by atoms with E-state index in [9.17, 15) is 5.11 Å². The Bertz CT molecular complexity index is 1550. The summed E-state index contributed by atoms with van der Waals surface area (Å²) < 4.78 is 0. The first kappa shape index (κ1) is 25.7. The van der Waals surface area contributed by atoms with Gasteiger partial charge < -0.3 is 5.11 Å². The molecule has 1 nitrogen and oxygen atoms in total. The summed E-state index contributed by atoms with van der Waals surface area (Å²) >= 11 is 7.72. The molecular formula is C38H29ClO. The molecule has 0 saturated heterocycles. The van der Waals surface area contributed by atoms with Crippen molar-refractivity contribution >= 4 is 11.6 Å². The van der Waals surface area contributed by atoms with Crippen LogP contribution in [0.25, 0.3) is 0 Å². The zero-order valence-electron chi connectivity index (χ0n) is 22.0. The highest BCUT2D eigenvalue weighted by atomic mass is 35.5. The molecule has 0 atom stereocenters. The van der Waals surface area contributed by atoms with Crippen LogP contribution in [0.4, 0.5) is 0 Å². The first-order chi connectivity index (χ1) is 19.7. The molecule has 6 aromatic carbocycles. The fourth-order valence-electron chi connectivity index (χ4n) is 5.97. The van der Waals surface area contributed by atoms with Gasteiger partial charge in [0.15, 0.2) is 0 Å². The van der Waals surface area contributed by atoms with Crippen molar-refractivity contribution in [3.05, 3.63) is 209 Å². The molecule has 2 heteroatoms. The Labute approximate surface area is 241 Å². The Morgan fingerprint density at radius 3 is 1.00 bits per heavy atom. The standard InChI is InChI=1S/C38H29ClO/c39-38(32-23-12-4-13-24-32,33-25-14-5-15-26-33)35-28-16-27-34(36(35)40)37(29-17-6-1-7-18-29,30-19-8-2-9-20-30)31-21-10-3-11-22-31/h1-28,40H. The summed E-state index contributed by atoms with van der Waals surface area (Å²) in [4.78, 5) is -1.11. The Hall–Kier alpha value is -4.59. The minimum atomic E-state index is -1.11. The van der Waals surface area contributed by atoms with Crippen LogP contribution in [0.15, 0.2) is 170 Å². The molecule has 0 radical (unpaired) electrons. The molecule has 0 aliphatic carbocycles. The lowest BCUT2D eigenvalue weighted by atomic mass is 9.64. The van der Waals surface area contributed by atoms with Crippen LogP contribution in [0.3, 0.4) is 0 Å². The van der Waals surface area contributed by atoms with Crippen LogP contribution in [-0.2, 0) is 10.3 Å². The van der Waals surface area contributed by atoms with Crippen molar-refractivity contribution in [1.29, 1.82) is 0 Å². The monoisotopic (exact) mass is 536 g/mol. The van der Waals surface area contributed by atoms with E-state index >= 15 is 0 Å². The molecule has 0 aromatic heterocycles. The van der Waals surface area contributed by atoms with E-state index in [1.165, 1.54) is 0 Å². The molecule has 6 rings (SSSR count). The molecule has 0 aliphatic heterocycles. The van der Waals surface area contributed by atoms with Gasteiger partial charge in [-0.25, -0.2) is 0 Å². The Morgan fingerprint density at radius 2 is 0.650 bits per heavy atom. The van der Waals surface area contributed by atoms with Gasteiger partial charge in [-0.05, 0) is 27.8 Å². The molecule has 0 saturated carbocycles. The minimum absolute atomic E-state index is 0.168. The lowest BCUT2D eigenvalue weighted by molar-refractivity contribution is 0.450. The summed E-state index contributed by atoms with van der Waals surface area (Å²) in [5.74, 6) is 0.168. The van der Waals surface area contributed by atoms with Crippen molar-refractivity contribution in [3.8, 4) is 5.75 Å². The molecular weight excluding hydrogens is 508 g/mol. The average Bonchev–Trinajstić information content (AvgIpc) is 3.04. The van der Waals surface area contributed by atoms with Crippen LogP contribution in [-0.4, -0.2) is 5.11 Å². The van der Waals surface area contributed by atoms with Gasteiger partial charge in [-0.3, -0.25) is 0 Å². The minimum Gasteiger partial charge on any atom is -0.507 e. The molecule has 0 amide bonds. The molecule has 0 bridgehead atoms. The van der Waals surface area contributed by atoms with E-state index in [1.54, 1.807) is 0 Å². The normalized spacial score (nSPS) is 11.7. The maximum Gasteiger partial charge on any atom is 0.126 e. The maximum atomic E-state index is 12.5. The van der Waals surface area contributed by atoms with Gasteiger partial charge in [0.2, 0.25) is 0 Å². The highest BCUT2D eigenvalue weighted by Crippen LogP contribution is 2.53. The molecule has 0 aliphatic rings. The van der Waals surface area contributed by atoms with Crippen molar-refractivity contribution in [2.45, 2.75) is 10.3 Å². The number of alkyl halides is 1. The van der Waals surface area contributed by atoms with Crippen molar-refractivity contribution in [3.63, 3.8) is 0 Å². The molecule has 0 spiro atoms. The van der Waals surface area contributed by atoms with Crippen LogP contribution >= 0.6 is 11.6 Å². The number of para-hydroxylation sites is 1. The maximum absolute atomic E-state index is 12.5. The number of aromatic hydroxyl groups is 1. The van der Waals surface area contributed by atoms with E-state index in [0.29, 0.717) is 5.56 Å². The summed E-state index contributed by atoms with van der Waals surface area (Å²) in [6.45, 7) is 0. The van der Waals surface area contributed by atoms with Crippen LogP contribution in [0.1, 0.15) is 38.9 Å². The highest BCUT2D eigenvalue weighted by Gasteiger charge is 2.43. The third-order valence-electron chi connectivity index (χ3n) is 7.77. The van der Waals surface area contributed by atoms with Crippen molar-refractivity contribution in [2.24, 2.45) is 0 Å². The van der Waals surface area contributed by atoms with Gasteiger partial charge in [0.05, 0.1) is 5.41 Å². The fraction of sp³-hybridized carbons (Fsp3) is 0.0526. The van der Waals surface area contributed by atoms with Crippen LogP contribution in [0.5, 0.6) is 5.75 Å². The number of halogens is 1. The van der Waals surface area contributed by atoms with Gasteiger partial charge in [0.1, 0.15) is 10.6 Å². The molecule has 194 valence electrons. The molecule has 1 N–H and O–H groups in total. The smallest absolute Gasteiger partial charge is 0.126 e. The number of hydrogen-bond donors (Lipinski definition) is 1. The second-order valence-corrected chi connectivity index (χ2v) is 10.5. The summed E-state index contributed by atoms with van der Waals surface area (Å²) in [6.07, 6.45) is 0. The lowest BCUT2D eigenvalue weighted by Gasteiger charge is -2.39. The van der Waals surface area contributed by atoms with Gasteiger partial charge in [-0.15, -0.1) is 11.6 Å². The second-order valence-electron chi connectivity index (χ2n) is 9.94. The van der Waals surface area contributed by atoms with Crippen molar-refractivity contribution < 1.29 is 5.11 Å². The molecule has 0 fully saturated rings. The van der Waals surface area contributed by atoms with Gasteiger partial charge in [0.25, 0.3) is 0 Å². The van der Waals surface area contributed by atoms with Crippen molar-refractivity contribution in [1.82, 2.24) is 0 Å². The third-order valence-corrected chi connectivity index (χ3v) is 8.41. The van der Waals surface area contributed by atoms with Gasteiger partial charge in [0, 0.05) is 11.1 Å². The SMILES string of the molecule is Oc1c(C(Cl)(c2ccccc2)c2ccccc2)cccc1C(c1ccccc1)(c1ccccc1)c1ccccc1. The third kappa shape index (κ3) is 4.20. The number of benzene rings is 6. The van der Waals surface area contributed by atoms with Crippen LogP contribution in [0.2, 0.25) is 0 Å². The average molecular weight is 537 g/mol. The van der Waals surface area contributed by atoms with Gasteiger partial charge in [-0.1, -0.05) is 170 Å². The van der Waals surface area contributed by atoms with Crippen molar-refractivity contribution in [2.75, 3.05) is 0 Å². The quantitative estimate of drug-likeness (QED) is 0.159. The summed E-state index contributed by atoms with van der Waals surface area (Å²) in [6, 6.07) is 57.1. The van der Waals surface area contributed by atoms with Gasteiger partial charge >= 0.3 is 0 Å². The van der Waals surface area contributed by atoms with E-state index in [4.69, 9.17) is 11.6 Å². The largest absolute Gasteiger partial charge is 0.507 e. The van der Waals surface area contributed by atoms with Crippen LogP contribution < -0.4 is 0 Å². The second kappa shape index (κ2) is 10.9. The molecule has 40 heavy (non-hydrogen) atoms. The number of phenols is 1. The van der Waals surface area contributed by atoms with E-state index in [-0.39, 0.29) is 5.75 Å². The van der Waals surface area contributed by atoms with Gasteiger partial charge in [-0.2, -0.15) is 0 Å². The van der Waals surface area contributed by atoms with E-state index in [2.05, 4.69) is 72.8 Å². The van der Waals surface area contributed by atoms with E-state index in [1.807, 2.05) is 97.1 Å². The number of phenolic OH excluding ortho intramolecular Hbond substituents is 1. The lowest BCUT2D eigenvalue weighted by Crippen LogP contribution is -2.32. The molecule has 6 aromatic rings. The topological polar surface area (TPSA) is 20.2 Å². The fourth-order valence-corrected chi connectivity index (χ4v) is 6.37. The Morgan fingerprint density at radius 1 is 0.350 bits per heavy atom. The Kier molecular flexibility index (Phi) is 6.99. The Balaban J connectivity index is 1.73. The predicted octanol–water partition coefficient (Wildman–Crippen LogP) is 9.31. The zero-order valence-corrected chi connectivity index (χ0v) is 22.7. The molecule has 0 unspecified atom stereocenters. The molecule has 0 heterocycles. The summed E-state index contributed by atoms with van der Waals surface area (Å²) in [5.41, 5.74) is 5.55. The first-order valence-electron chi connectivity index (χ1n) is 13.5. The van der Waals surface area contributed by atoms with Crippen LogP contribution in [0, 0.1) is 0 Å². The van der Waals surface area contributed by atoms with E-state index in [0.717, 1.165) is 33.4 Å². The summed E-state index contributed by atoms with van der Waals surface area (Å²) in [5, 5.41) is 12.5. The first-order valence-corrected chi connectivity index (χ1v) is 13.8. The van der Waals surface area contributed by atoms with E-state index < -0.39 is 10.3 Å². The predicted molar refractivity (Wildman–Crippen MR) is 165 cm³/mol. The summed E-state index contributed by atoms with van der Waals surface area (Å²) in [7, 11) is 0. The zero-order chi connectivity index (χ0) is 27.4. The number of hydrogen-bond acceptors (Lipinski definition) is 1.